The monoisotopic (exact) mass is 304 g/mol. The van der Waals surface area contributed by atoms with Crippen molar-refractivity contribution in [2.24, 2.45) is 17.8 Å². The number of rotatable bonds is 3. The molecule has 2 rings (SSSR count). The fraction of sp³-hybridized carbons (Fsp3) is 0.933. The molecule has 21 heavy (non-hydrogen) atoms. The molecule has 6 heteroatoms. The van der Waals surface area contributed by atoms with Crippen molar-refractivity contribution in [3.05, 3.63) is 0 Å². The summed E-state index contributed by atoms with van der Waals surface area (Å²) in [6.45, 7) is 5.81. The number of nitrogens with zero attached hydrogens (tertiary/aromatic N) is 2. The van der Waals surface area contributed by atoms with Crippen LogP contribution in [0.25, 0.3) is 0 Å². The second-order valence-corrected chi connectivity index (χ2v) is 6.87. The summed E-state index contributed by atoms with van der Waals surface area (Å²) >= 11 is 0. The van der Waals surface area contributed by atoms with E-state index in [1.165, 1.54) is 0 Å². The smallest absolute Gasteiger partial charge is 0.306 e. The fourth-order valence-corrected chi connectivity index (χ4v) is 3.74. The molecule has 4 nitrogen and oxygen atoms in total. The quantitative estimate of drug-likeness (QED) is 0.866. The van der Waals surface area contributed by atoms with Crippen LogP contribution in [0, 0.1) is 17.8 Å². The largest absolute Gasteiger partial charge is 0.481 e. The van der Waals surface area contributed by atoms with E-state index in [9.17, 15) is 18.7 Å². The van der Waals surface area contributed by atoms with Crippen LogP contribution in [0.4, 0.5) is 8.78 Å². The van der Waals surface area contributed by atoms with E-state index in [2.05, 4.69) is 4.90 Å². The van der Waals surface area contributed by atoms with E-state index in [1.807, 2.05) is 25.8 Å². The zero-order valence-corrected chi connectivity index (χ0v) is 13.1. The summed E-state index contributed by atoms with van der Waals surface area (Å²) in [4.78, 5) is 15.5. The molecule has 0 amide bonds. The van der Waals surface area contributed by atoms with E-state index in [4.69, 9.17) is 0 Å². The Hall–Kier alpha value is -0.750. The summed E-state index contributed by atoms with van der Waals surface area (Å²) in [5, 5.41) is 9.39. The molecule has 3 unspecified atom stereocenters. The number of carbonyl (C=O) groups is 1. The van der Waals surface area contributed by atoms with Gasteiger partial charge >= 0.3 is 5.97 Å². The zero-order chi connectivity index (χ0) is 15.8. The van der Waals surface area contributed by atoms with Crippen molar-refractivity contribution >= 4 is 5.97 Å². The number of likely N-dealkylation sites (tertiary alicyclic amines) is 2. The summed E-state index contributed by atoms with van der Waals surface area (Å²) in [7, 11) is 1.88. The van der Waals surface area contributed by atoms with Crippen LogP contribution < -0.4 is 0 Å². The second kappa shape index (κ2) is 6.16. The molecule has 2 heterocycles. The molecule has 3 atom stereocenters. The van der Waals surface area contributed by atoms with Gasteiger partial charge in [0.15, 0.2) is 0 Å². The van der Waals surface area contributed by atoms with E-state index in [0.717, 1.165) is 0 Å². The number of hydrogen-bond donors (Lipinski definition) is 1. The van der Waals surface area contributed by atoms with Crippen LogP contribution in [-0.4, -0.2) is 66.1 Å². The standard InChI is InChI=1S/C15H26F2N2O2/c1-10(2)19-7-5-15(16,17)13(9-19)12-8-18(3)6-4-11(12)14(20)21/h10-13H,4-9H2,1-3H3,(H,20,21). The highest BCUT2D eigenvalue weighted by Gasteiger charge is 2.52. The summed E-state index contributed by atoms with van der Waals surface area (Å²) in [5.41, 5.74) is 0. The van der Waals surface area contributed by atoms with Crippen molar-refractivity contribution in [1.82, 2.24) is 9.80 Å². The van der Waals surface area contributed by atoms with Crippen molar-refractivity contribution in [3.8, 4) is 0 Å². The Morgan fingerprint density at radius 1 is 1.29 bits per heavy atom. The number of hydrogen-bond acceptors (Lipinski definition) is 3. The van der Waals surface area contributed by atoms with E-state index in [1.54, 1.807) is 0 Å². The van der Waals surface area contributed by atoms with Gasteiger partial charge in [0, 0.05) is 38.0 Å². The first-order valence-electron chi connectivity index (χ1n) is 7.75. The molecule has 0 radical (unpaired) electrons. The van der Waals surface area contributed by atoms with Crippen molar-refractivity contribution in [3.63, 3.8) is 0 Å². The molecule has 0 saturated carbocycles. The first-order valence-corrected chi connectivity index (χ1v) is 7.75. The second-order valence-electron chi connectivity index (χ2n) is 6.87. The Bertz CT molecular complexity index is 390. The molecule has 2 aliphatic rings. The van der Waals surface area contributed by atoms with Gasteiger partial charge in [-0.25, -0.2) is 8.78 Å². The minimum Gasteiger partial charge on any atom is -0.481 e. The average Bonchev–Trinajstić information content (AvgIpc) is 2.37. The molecule has 0 aromatic heterocycles. The van der Waals surface area contributed by atoms with Crippen LogP contribution >= 0.6 is 0 Å². The molecule has 0 aromatic carbocycles. The van der Waals surface area contributed by atoms with E-state index in [0.29, 0.717) is 32.6 Å². The van der Waals surface area contributed by atoms with Crippen molar-refractivity contribution in [2.45, 2.75) is 38.7 Å². The van der Waals surface area contributed by atoms with Crippen LogP contribution in [0.2, 0.25) is 0 Å². The van der Waals surface area contributed by atoms with Gasteiger partial charge in [-0.2, -0.15) is 0 Å². The lowest BCUT2D eigenvalue weighted by Gasteiger charge is -2.47. The molecule has 2 saturated heterocycles. The molecular formula is C15H26F2N2O2. The van der Waals surface area contributed by atoms with Gasteiger partial charge in [0.25, 0.3) is 5.92 Å². The molecule has 122 valence electrons. The minimum atomic E-state index is -2.76. The van der Waals surface area contributed by atoms with Gasteiger partial charge in [-0.15, -0.1) is 0 Å². The van der Waals surface area contributed by atoms with Crippen molar-refractivity contribution in [2.75, 3.05) is 33.2 Å². The van der Waals surface area contributed by atoms with Gasteiger partial charge in [0.05, 0.1) is 5.92 Å². The predicted octanol–water partition coefficient (Wildman–Crippen LogP) is 2.00. The highest BCUT2D eigenvalue weighted by Crippen LogP contribution is 2.43. The third kappa shape index (κ3) is 3.54. The predicted molar refractivity (Wildman–Crippen MR) is 76.5 cm³/mol. The minimum absolute atomic E-state index is 0.164. The number of piperidine rings is 2. The van der Waals surface area contributed by atoms with Gasteiger partial charge in [0.1, 0.15) is 0 Å². The molecule has 0 bridgehead atoms. The maximum absolute atomic E-state index is 14.4. The van der Waals surface area contributed by atoms with Gasteiger partial charge in [0.2, 0.25) is 0 Å². The van der Waals surface area contributed by atoms with Crippen LogP contribution in [-0.2, 0) is 4.79 Å². The number of carboxylic acid groups (broad SMARTS) is 1. The lowest BCUT2D eigenvalue weighted by atomic mass is 9.72. The van der Waals surface area contributed by atoms with E-state index in [-0.39, 0.29) is 12.5 Å². The maximum Gasteiger partial charge on any atom is 0.306 e. The Morgan fingerprint density at radius 3 is 2.52 bits per heavy atom. The van der Waals surface area contributed by atoms with Crippen LogP contribution in [0.5, 0.6) is 0 Å². The normalized spacial score (nSPS) is 35.0. The third-order valence-corrected chi connectivity index (χ3v) is 5.13. The number of alkyl halides is 2. The fourth-order valence-electron chi connectivity index (χ4n) is 3.74. The SMILES string of the molecule is CC(C)N1CCC(F)(F)C(C2CN(C)CCC2C(=O)O)C1. The zero-order valence-electron chi connectivity index (χ0n) is 13.1. The molecule has 2 fully saturated rings. The van der Waals surface area contributed by atoms with Crippen LogP contribution in [0.3, 0.4) is 0 Å². The van der Waals surface area contributed by atoms with Crippen molar-refractivity contribution < 1.29 is 18.7 Å². The molecule has 2 aliphatic heterocycles. The molecule has 0 spiro atoms. The number of halogens is 2. The average molecular weight is 304 g/mol. The lowest BCUT2D eigenvalue weighted by molar-refractivity contribution is -0.163. The summed E-state index contributed by atoms with van der Waals surface area (Å²) in [5.74, 6) is -5.67. The van der Waals surface area contributed by atoms with Crippen LogP contribution in [0.1, 0.15) is 26.7 Å². The Labute approximate surface area is 125 Å². The van der Waals surface area contributed by atoms with E-state index >= 15 is 0 Å². The molecule has 0 aliphatic carbocycles. The van der Waals surface area contributed by atoms with Crippen molar-refractivity contribution in [1.29, 1.82) is 0 Å². The third-order valence-electron chi connectivity index (χ3n) is 5.13. The maximum atomic E-state index is 14.4. The summed E-state index contributed by atoms with van der Waals surface area (Å²) in [6, 6.07) is 0.216. The van der Waals surface area contributed by atoms with E-state index < -0.39 is 29.6 Å². The summed E-state index contributed by atoms with van der Waals surface area (Å²) in [6.07, 6.45) is 0.299. The molecule has 0 aromatic rings. The highest BCUT2D eigenvalue weighted by molar-refractivity contribution is 5.70. The van der Waals surface area contributed by atoms with Gasteiger partial charge < -0.3 is 14.9 Å². The summed E-state index contributed by atoms with van der Waals surface area (Å²) < 4.78 is 28.8. The van der Waals surface area contributed by atoms with Crippen LogP contribution in [0.15, 0.2) is 0 Å². The Morgan fingerprint density at radius 2 is 1.95 bits per heavy atom. The first-order chi connectivity index (χ1) is 9.72. The molecular weight excluding hydrogens is 278 g/mol. The number of aliphatic carboxylic acids is 1. The highest BCUT2D eigenvalue weighted by atomic mass is 19.3. The van der Waals surface area contributed by atoms with Gasteiger partial charge in [-0.3, -0.25) is 4.79 Å². The van der Waals surface area contributed by atoms with Gasteiger partial charge in [-0.1, -0.05) is 0 Å². The molecule has 1 N–H and O–H groups in total. The first kappa shape index (κ1) is 16.6. The number of carboxylic acids is 1. The Kier molecular flexibility index (Phi) is 4.88. The Balaban J connectivity index is 2.22. The van der Waals surface area contributed by atoms with Gasteiger partial charge in [-0.05, 0) is 39.8 Å². The topological polar surface area (TPSA) is 43.8 Å². The lowest BCUT2D eigenvalue weighted by Crippen LogP contribution is -2.57.